The largest absolute Gasteiger partial charge is 0.325 e. The zero-order chi connectivity index (χ0) is 17.8. The number of halogens is 1. The van der Waals surface area contributed by atoms with Crippen molar-refractivity contribution in [1.82, 2.24) is 20.2 Å². The number of amides is 1. The topological polar surface area (TPSA) is 72.7 Å². The number of nitrogens with one attached hydrogen (secondary N) is 1. The third-order valence-corrected chi connectivity index (χ3v) is 5.52. The second-order valence-corrected chi connectivity index (χ2v) is 7.72. The van der Waals surface area contributed by atoms with E-state index in [0.717, 1.165) is 12.8 Å². The lowest BCUT2D eigenvalue weighted by Crippen LogP contribution is -2.23. The number of aromatic nitrogens is 4. The van der Waals surface area contributed by atoms with Gasteiger partial charge in [-0.15, -0.1) is 5.10 Å². The van der Waals surface area contributed by atoms with E-state index < -0.39 is 5.25 Å². The first kappa shape index (κ1) is 17.8. The van der Waals surface area contributed by atoms with E-state index in [1.807, 2.05) is 4.68 Å². The number of thioether (sulfide) groups is 1. The van der Waals surface area contributed by atoms with Crippen molar-refractivity contribution >= 4 is 23.4 Å². The van der Waals surface area contributed by atoms with Crippen molar-refractivity contribution in [3.05, 3.63) is 29.6 Å². The summed E-state index contributed by atoms with van der Waals surface area (Å²) in [6.45, 7) is 3.48. The summed E-state index contributed by atoms with van der Waals surface area (Å²) in [4.78, 5) is 12.4. The number of anilines is 1. The number of carbonyl (C=O) groups is 1. The Bertz CT molecular complexity index is 744. The highest BCUT2D eigenvalue weighted by atomic mass is 32.2. The predicted molar refractivity (Wildman–Crippen MR) is 95.0 cm³/mol. The van der Waals surface area contributed by atoms with Gasteiger partial charge < -0.3 is 5.32 Å². The molecule has 134 valence electrons. The Morgan fingerprint density at radius 3 is 2.84 bits per heavy atom. The smallest absolute Gasteiger partial charge is 0.237 e. The van der Waals surface area contributed by atoms with Gasteiger partial charge in [-0.2, -0.15) is 0 Å². The van der Waals surface area contributed by atoms with Crippen LogP contribution in [0.4, 0.5) is 10.1 Å². The molecule has 1 aliphatic rings. The molecule has 1 aliphatic carbocycles. The highest BCUT2D eigenvalue weighted by Gasteiger charge is 2.24. The SMILES string of the molecule is Cc1ccc(NC(=O)[C@H](C)Sc2nnnn2C2CCCCC2)cc1F. The monoisotopic (exact) mass is 363 g/mol. The summed E-state index contributed by atoms with van der Waals surface area (Å²) in [6, 6.07) is 4.98. The van der Waals surface area contributed by atoms with Gasteiger partial charge in [0.1, 0.15) is 5.82 Å². The fourth-order valence-electron chi connectivity index (χ4n) is 2.94. The van der Waals surface area contributed by atoms with E-state index in [4.69, 9.17) is 0 Å². The lowest BCUT2D eigenvalue weighted by Gasteiger charge is -2.22. The molecule has 3 rings (SSSR count). The summed E-state index contributed by atoms with van der Waals surface area (Å²) in [7, 11) is 0. The number of benzene rings is 1. The van der Waals surface area contributed by atoms with Crippen LogP contribution in [0.5, 0.6) is 0 Å². The molecular weight excluding hydrogens is 341 g/mol. The van der Waals surface area contributed by atoms with Gasteiger partial charge in [-0.3, -0.25) is 4.79 Å². The molecule has 0 unspecified atom stereocenters. The number of aryl methyl sites for hydroxylation is 1. The summed E-state index contributed by atoms with van der Waals surface area (Å²) in [5, 5.41) is 15.0. The Kier molecular flexibility index (Phi) is 5.67. The van der Waals surface area contributed by atoms with E-state index in [-0.39, 0.29) is 11.7 Å². The van der Waals surface area contributed by atoms with E-state index in [0.29, 0.717) is 22.4 Å². The Morgan fingerprint density at radius 2 is 2.12 bits per heavy atom. The lowest BCUT2D eigenvalue weighted by molar-refractivity contribution is -0.115. The van der Waals surface area contributed by atoms with Gasteiger partial charge in [-0.25, -0.2) is 9.07 Å². The van der Waals surface area contributed by atoms with Crippen LogP contribution in [-0.4, -0.2) is 31.4 Å². The maximum atomic E-state index is 13.6. The van der Waals surface area contributed by atoms with Gasteiger partial charge in [0.05, 0.1) is 11.3 Å². The molecule has 1 heterocycles. The highest BCUT2D eigenvalue weighted by Crippen LogP contribution is 2.31. The van der Waals surface area contributed by atoms with Crippen LogP contribution in [0.15, 0.2) is 23.4 Å². The lowest BCUT2D eigenvalue weighted by atomic mass is 9.96. The van der Waals surface area contributed by atoms with Gasteiger partial charge in [0, 0.05) is 5.69 Å². The maximum absolute atomic E-state index is 13.6. The minimum absolute atomic E-state index is 0.202. The van der Waals surface area contributed by atoms with Gasteiger partial charge in [0.2, 0.25) is 11.1 Å². The van der Waals surface area contributed by atoms with E-state index in [9.17, 15) is 9.18 Å². The number of rotatable bonds is 5. The zero-order valence-electron chi connectivity index (χ0n) is 14.4. The summed E-state index contributed by atoms with van der Waals surface area (Å²) in [6.07, 6.45) is 5.77. The van der Waals surface area contributed by atoms with Gasteiger partial charge in [0.15, 0.2) is 0 Å². The van der Waals surface area contributed by atoms with Gasteiger partial charge in [-0.05, 0) is 54.8 Å². The van der Waals surface area contributed by atoms with Crippen LogP contribution in [0.2, 0.25) is 0 Å². The van der Waals surface area contributed by atoms with Gasteiger partial charge >= 0.3 is 0 Å². The first-order valence-corrected chi connectivity index (χ1v) is 9.44. The fourth-order valence-corrected chi connectivity index (χ4v) is 3.80. The molecule has 0 saturated heterocycles. The number of carbonyl (C=O) groups excluding carboxylic acids is 1. The molecule has 0 bridgehead atoms. The summed E-state index contributed by atoms with van der Waals surface area (Å²) < 4.78 is 15.5. The summed E-state index contributed by atoms with van der Waals surface area (Å²) >= 11 is 1.33. The molecule has 8 heteroatoms. The Hall–Kier alpha value is -1.96. The first-order valence-electron chi connectivity index (χ1n) is 8.56. The molecule has 0 aliphatic heterocycles. The Morgan fingerprint density at radius 1 is 1.36 bits per heavy atom. The maximum Gasteiger partial charge on any atom is 0.237 e. The van der Waals surface area contributed by atoms with E-state index in [1.54, 1.807) is 26.0 Å². The molecule has 1 aromatic carbocycles. The normalized spacial score (nSPS) is 16.6. The summed E-state index contributed by atoms with van der Waals surface area (Å²) in [5.41, 5.74) is 1.000. The van der Waals surface area contributed by atoms with Crippen molar-refractivity contribution in [2.24, 2.45) is 0 Å². The number of hydrogen-bond acceptors (Lipinski definition) is 5. The van der Waals surface area contributed by atoms with Gasteiger partial charge in [0.25, 0.3) is 0 Å². The zero-order valence-corrected chi connectivity index (χ0v) is 15.2. The third kappa shape index (κ3) is 4.36. The Balaban J connectivity index is 1.63. The van der Waals surface area contributed by atoms with Crippen molar-refractivity contribution in [3.63, 3.8) is 0 Å². The van der Waals surface area contributed by atoms with Crippen molar-refractivity contribution < 1.29 is 9.18 Å². The molecule has 2 aromatic rings. The second-order valence-electron chi connectivity index (χ2n) is 6.41. The standard InChI is InChI=1S/C17H22FN5OS/c1-11-8-9-13(10-15(11)18)19-16(24)12(2)25-17-20-21-22-23(17)14-6-4-3-5-7-14/h8-10,12,14H,3-7H2,1-2H3,(H,19,24)/t12-/m0/s1. The van der Waals surface area contributed by atoms with Crippen LogP contribution < -0.4 is 5.32 Å². The quantitative estimate of drug-likeness (QED) is 0.819. The highest BCUT2D eigenvalue weighted by molar-refractivity contribution is 8.00. The molecule has 0 radical (unpaired) electrons. The fraction of sp³-hybridized carbons (Fsp3) is 0.529. The van der Waals surface area contributed by atoms with Crippen LogP contribution in [0, 0.1) is 12.7 Å². The molecule has 25 heavy (non-hydrogen) atoms. The van der Waals surface area contributed by atoms with Gasteiger partial charge in [-0.1, -0.05) is 37.1 Å². The van der Waals surface area contributed by atoms with E-state index >= 15 is 0 Å². The first-order chi connectivity index (χ1) is 12.0. The minimum Gasteiger partial charge on any atom is -0.325 e. The second kappa shape index (κ2) is 7.95. The van der Waals surface area contributed by atoms with Crippen LogP contribution in [0.3, 0.4) is 0 Å². The molecule has 0 spiro atoms. The van der Waals surface area contributed by atoms with Crippen LogP contribution in [-0.2, 0) is 4.79 Å². The molecule has 1 N–H and O–H groups in total. The average molecular weight is 363 g/mol. The molecule has 1 saturated carbocycles. The predicted octanol–water partition coefficient (Wildman–Crippen LogP) is 3.75. The van der Waals surface area contributed by atoms with E-state index in [1.165, 1.54) is 37.1 Å². The number of tetrazole rings is 1. The summed E-state index contributed by atoms with van der Waals surface area (Å²) in [5.74, 6) is -0.536. The molecule has 1 fully saturated rings. The average Bonchev–Trinajstić information content (AvgIpc) is 3.07. The molecule has 1 atom stereocenters. The van der Waals surface area contributed by atoms with Crippen molar-refractivity contribution in [2.45, 2.75) is 62.4 Å². The molecule has 1 amide bonds. The van der Waals surface area contributed by atoms with Crippen LogP contribution >= 0.6 is 11.8 Å². The number of hydrogen-bond donors (Lipinski definition) is 1. The third-order valence-electron chi connectivity index (χ3n) is 4.47. The molecular formula is C17H22FN5OS. The van der Waals surface area contributed by atoms with E-state index in [2.05, 4.69) is 20.8 Å². The van der Waals surface area contributed by atoms with Crippen LogP contribution in [0.1, 0.15) is 50.6 Å². The number of nitrogens with zero attached hydrogens (tertiary/aromatic N) is 4. The Labute approximate surface area is 150 Å². The molecule has 1 aromatic heterocycles. The van der Waals surface area contributed by atoms with Crippen molar-refractivity contribution in [2.75, 3.05) is 5.32 Å². The van der Waals surface area contributed by atoms with Crippen molar-refractivity contribution in [3.8, 4) is 0 Å². The van der Waals surface area contributed by atoms with Crippen molar-refractivity contribution in [1.29, 1.82) is 0 Å². The molecule has 6 nitrogen and oxygen atoms in total. The van der Waals surface area contributed by atoms with Crippen LogP contribution in [0.25, 0.3) is 0 Å². The minimum atomic E-state index is -0.391.